The van der Waals surface area contributed by atoms with Crippen molar-refractivity contribution >= 4 is 46.3 Å². The van der Waals surface area contributed by atoms with E-state index >= 15 is 0 Å². The Bertz CT molecular complexity index is 1200. The van der Waals surface area contributed by atoms with Gasteiger partial charge in [0.1, 0.15) is 5.75 Å². The highest BCUT2D eigenvalue weighted by atomic mass is 35.5. The van der Waals surface area contributed by atoms with Gasteiger partial charge in [0.2, 0.25) is 5.91 Å². The second-order valence-corrected chi connectivity index (χ2v) is 7.61. The first kappa shape index (κ1) is 22.9. The minimum Gasteiger partial charge on any atom is -0.433 e. The molecule has 2 N–H and O–H groups in total. The number of unbranched alkanes of at least 4 members (excludes halogenated alkanes) is 2. The van der Waals surface area contributed by atoms with E-state index in [2.05, 4.69) is 15.0 Å². The van der Waals surface area contributed by atoms with Crippen molar-refractivity contribution in [3.8, 4) is 5.75 Å². The summed E-state index contributed by atoms with van der Waals surface area (Å²) in [5.41, 5.74) is 0.971. The first-order chi connectivity index (χ1) is 14.8. The van der Waals surface area contributed by atoms with E-state index in [1.54, 1.807) is 12.1 Å². The van der Waals surface area contributed by atoms with Gasteiger partial charge in [-0.3, -0.25) is 14.2 Å². The molecule has 3 rings (SSSR count). The molecule has 0 aliphatic rings. The molecule has 0 spiro atoms. The molecule has 1 aromatic heterocycles. The van der Waals surface area contributed by atoms with Crippen molar-refractivity contribution < 1.29 is 18.3 Å². The van der Waals surface area contributed by atoms with Crippen LogP contribution in [-0.2, 0) is 11.3 Å². The zero-order valence-electron chi connectivity index (χ0n) is 16.4. The maximum absolute atomic E-state index is 12.6. The molecule has 0 unspecified atom stereocenters. The molecule has 31 heavy (non-hydrogen) atoms. The molecule has 6 nitrogen and oxygen atoms in total. The van der Waals surface area contributed by atoms with Crippen molar-refractivity contribution in [2.75, 3.05) is 5.32 Å². The lowest BCUT2D eigenvalue weighted by Crippen LogP contribution is -2.22. The third-order valence-electron chi connectivity index (χ3n) is 4.61. The Labute approximate surface area is 186 Å². The molecule has 0 atom stereocenters. The van der Waals surface area contributed by atoms with E-state index in [-0.39, 0.29) is 28.7 Å². The molecular formula is C21H20ClF2N3O3S. The molecular weight excluding hydrogens is 448 g/mol. The fourth-order valence-electron chi connectivity index (χ4n) is 3.13. The lowest BCUT2D eigenvalue weighted by Gasteiger charge is -2.10. The summed E-state index contributed by atoms with van der Waals surface area (Å²) >= 11 is 11.2. The molecule has 2 aromatic carbocycles. The number of anilines is 1. The predicted octanol–water partition coefficient (Wildman–Crippen LogP) is 5.51. The van der Waals surface area contributed by atoms with Crippen LogP contribution in [0.1, 0.15) is 25.7 Å². The van der Waals surface area contributed by atoms with Gasteiger partial charge in [-0.15, -0.1) is 0 Å². The number of alkyl halides is 2. The number of H-pyrrole nitrogens is 1. The quantitative estimate of drug-likeness (QED) is 0.321. The largest absolute Gasteiger partial charge is 0.433 e. The van der Waals surface area contributed by atoms with Crippen LogP contribution in [0.4, 0.5) is 14.5 Å². The van der Waals surface area contributed by atoms with Crippen molar-refractivity contribution in [2.24, 2.45) is 0 Å². The molecule has 164 valence electrons. The minimum absolute atomic E-state index is 0.0181. The van der Waals surface area contributed by atoms with Crippen LogP contribution in [-0.4, -0.2) is 22.1 Å². The number of nitrogens with zero attached hydrogens (tertiary/aromatic N) is 1. The van der Waals surface area contributed by atoms with Crippen LogP contribution < -0.4 is 15.6 Å². The summed E-state index contributed by atoms with van der Waals surface area (Å²) in [6.07, 6.45) is 2.30. The summed E-state index contributed by atoms with van der Waals surface area (Å²) in [6, 6.07) is 11.3. The average molecular weight is 468 g/mol. The van der Waals surface area contributed by atoms with Gasteiger partial charge in [0.25, 0.3) is 5.56 Å². The van der Waals surface area contributed by atoms with Gasteiger partial charge < -0.3 is 15.0 Å². The van der Waals surface area contributed by atoms with E-state index in [0.717, 1.165) is 6.42 Å². The Morgan fingerprint density at radius 3 is 2.71 bits per heavy atom. The third kappa shape index (κ3) is 6.11. The maximum atomic E-state index is 12.6. The van der Waals surface area contributed by atoms with Gasteiger partial charge in [0.15, 0.2) is 4.77 Å². The number of benzene rings is 2. The number of amides is 1. The van der Waals surface area contributed by atoms with Crippen molar-refractivity contribution in [2.45, 2.75) is 38.8 Å². The van der Waals surface area contributed by atoms with Crippen molar-refractivity contribution in [3.63, 3.8) is 0 Å². The molecule has 1 amide bonds. The smallest absolute Gasteiger partial charge is 0.387 e. The fraction of sp³-hybridized carbons (Fsp3) is 0.286. The van der Waals surface area contributed by atoms with E-state index in [1.807, 2.05) is 12.1 Å². The summed E-state index contributed by atoms with van der Waals surface area (Å²) in [5, 5.41) is 3.23. The first-order valence-electron chi connectivity index (χ1n) is 9.61. The lowest BCUT2D eigenvalue weighted by molar-refractivity contribution is -0.116. The van der Waals surface area contributed by atoms with Crippen molar-refractivity contribution in [3.05, 3.63) is 62.6 Å². The second-order valence-electron chi connectivity index (χ2n) is 6.82. The second kappa shape index (κ2) is 10.5. The van der Waals surface area contributed by atoms with Crippen molar-refractivity contribution in [1.29, 1.82) is 0 Å². The van der Waals surface area contributed by atoms with Crippen LogP contribution in [0.15, 0.2) is 47.3 Å². The number of carbonyl (C=O) groups is 1. The normalized spacial score (nSPS) is 11.1. The maximum Gasteiger partial charge on any atom is 0.387 e. The number of para-hydroxylation sites is 1. The molecule has 0 bridgehead atoms. The summed E-state index contributed by atoms with van der Waals surface area (Å²) in [7, 11) is 0. The average Bonchev–Trinajstić information content (AvgIpc) is 2.71. The number of hydrogen-bond acceptors (Lipinski definition) is 4. The van der Waals surface area contributed by atoms with Gasteiger partial charge in [-0.05, 0) is 55.4 Å². The summed E-state index contributed by atoms with van der Waals surface area (Å²) < 4.78 is 30.7. The van der Waals surface area contributed by atoms with Crippen LogP contribution in [0, 0.1) is 4.77 Å². The standard InChI is InChI=1S/C21H20ClF2N3O3S/c22-15-12-13(9-10-17(15)30-20(23)24)25-18(28)8-2-1-5-11-27-19(29)14-6-3-4-7-16(14)26-21(27)31/h3-4,6-7,9-10,12,20H,1-2,5,8,11H2,(H,25,28)(H,26,31). The van der Waals surface area contributed by atoms with E-state index in [9.17, 15) is 18.4 Å². The van der Waals surface area contributed by atoms with E-state index in [4.69, 9.17) is 23.8 Å². The molecule has 10 heteroatoms. The van der Waals surface area contributed by atoms with E-state index < -0.39 is 6.61 Å². The summed E-state index contributed by atoms with van der Waals surface area (Å²) in [4.78, 5) is 27.7. The fourth-order valence-corrected chi connectivity index (χ4v) is 3.64. The molecule has 0 aliphatic carbocycles. The highest BCUT2D eigenvalue weighted by molar-refractivity contribution is 7.71. The number of halogens is 3. The molecule has 0 saturated carbocycles. The number of hydrogen-bond donors (Lipinski definition) is 2. The summed E-state index contributed by atoms with van der Waals surface area (Å²) in [6.45, 7) is -2.51. The highest BCUT2D eigenvalue weighted by Crippen LogP contribution is 2.29. The Kier molecular flexibility index (Phi) is 7.75. The lowest BCUT2D eigenvalue weighted by atomic mass is 10.2. The molecule has 3 aromatic rings. The number of fused-ring (bicyclic) bond motifs is 1. The number of ether oxygens (including phenoxy) is 1. The zero-order valence-corrected chi connectivity index (χ0v) is 17.9. The minimum atomic E-state index is -2.97. The van der Waals surface area contributed by atoms with Crippen LogP contribution in [0.5, 0.6) is 5.75 Å². The van der Waals surface area contributed by atoms with Gasteiger partial charge in [-0.25, -0.2) is 0 Å². The number of rotatable bonds is 9. The number of aromatic nitrogens is 2. The topological polar surface area (TPSA) is 76.1 Å². The van der Waals surface area contributed by atoms with E-state index in [0.29, 0.717) is 40.7 Å². The first-order valence-corrected chi connectivity index (χ1v) is 10.4. The van der Waals surface area contributed by atoms with Gasteiger partial charge in [0, 0.05) is 18.7 Å². The van der Waals surface area contributed by atoms with Crippen LogP contribution in [0.25, 0.3) is 10.9 Å². The Balaban J connectivity index is 1.47. The summed E-state index contributed by atoms with van der Waals surface area (Å²) in [5.74, 6) is -0.379. The predicted molar refractivity (Wildman–Crippen MR) is 119 cm³/mol. The number of nitrogens with one attached hydrogen (secondary N) is 2. The van der Waals surface area contributed by atoms with Gasteiger partial charge >= 0.3 is 6.61 Å². The highest BCUT2D eigenvalue weighted by Gasteiger charge is 2.10. The molecule has 0 fully saturated rings. The van der Waals surface area contributed by atoms with Crippen LogP contribution in [0.3, 0.4) is 0 Å². The van der Waals surface area contributed by atoms with E-state index in [1.165, 1.54) is 22.8 Å². The Morgan fingerprint density at radius 2 is 1.97 bits per heavy atom. The zero-order chi connectivity index (χ0) is 22.4. The van der Waals surface area contributed by atoms with Gasteiger partial charge in [-0.2, -0.15) is 8.78 Å². The SMILES string of the molecule is O=C(CCCCCn1c(=S)[nH]c2ccccc2c1=O)Nc1ccc(OC(F)F)c(Cl)c1. The third-order valence-corrected chi connectivity index (χ3v) is 5.22. The van der Waals surface area contributed by atoms with Gasteiger partial charge in [-0.1, -0.05) is 30.2 Å². The monoisotopic (exact) mass is 467 g/mol. The van der Waals surface area contributed by atoms with Crippen LogP contribution >= 0.6 is 23.8 Å². The molecule has 0 saturated heterocycles. The molecule has 0 radical (unpaired) electrons. The molecule has 1 heterocycles. The number of carbonyl (C=O) groups excluding carboxylic acids is 1. The van der Waals surface area contributed by atoms with Gasteiger partial charge in [0.05, 0.1) is 15.9 Å². The van der Waals surface area contributed by atoms with Crippen LogP contribution in [0.2, 0.25) is 5.02 Å². The molecule has 0 aliphatic heterocycles. The van der Waals surface area contributed by atoms with Crippen molar-refractivity contribution in [1.82, 2.24) is 9.55 Å². The Morgan fingerprint density at radius 1 is 1.19 bits per heavy atom. The number of aromatic amines is 1. The Hall–Kier alpha value is -2.78.